The molecule has 2 aromatic carbocycles. The Kier molecular flexibility index (Phi) is 4.75. The third kappa shape index (κ3) is 3.66. The first-order valence-corrected chi connectivity index (χ1v) is 7.99. The highest BCUT2D eigenvalue weighted by molar-refractivity contribution is 7.22. The molecule has 1 amide bonds. The molecule has 25 heavy (non-hydrogen) atoms. The summed E-state index contributed by atoms with van der Waals surface area (Å²) in [7, 11) is 1.55. The van der Waals surface area contributed by atoms with Crippen LogP contribution in [0.3, 0.4) is 0 Å². The highest BCUT2D eigenvalue weighted by Crippen LogP contribution is 2.32. The summed E-state index contributed by atoms with van der Waals surface area (Å²) in [5, 5.41) is 13.9. The van der Waals surface area contributed by atoms with E-state index >= 15 is 0 Å². The quantitative estimate of drug-likeness (QED) is 0.535. The Morgan fingerprint density at radius 3 is 2.76 bits per heavy atom. The number of amides is 1. The maximum atomic E-state index is 12.0. The molecule has 3 rings (SSSR count). The number of fused-ring (bicyclic) bond motifs is 1. The van der Waals surface area contributed by atoms with Crippen LogP contribution in [-0.4, -0.2) is 29.5 Å². The molecule has 0 atom stereocenters. The van der Waals surface area contributed by atoms with Crippen molar-refractivity contribution in [2.75, 3.05) is 19.0 Å². The van der Waals surface area contributed by atoms with Gasteiger partial charge in [0.2, 0.25) is 0 Å². The Morgan fingerprint density at radius 2 is 2.00 bits per heavy atom. The molecule has 3 aromatic rings. The second-order valence-corrected chi connectivity index (χ2v) is 5.92. The van der Waals surface area contributed by atoms with Gasteiger partial charge in [-0.15, -0.1) is 0 Å². The van der Waals surface area contributed by atoms with Crippen LogP contribution in [0.2, 0.25) is 0 Å². The maximum Gasteiger partial charge on any atom is 0.310 e. The molecule has 0 aliphatic rings. The number of para-hydroxylation sites is 3. The van der Waals surface area contributed by atoms with Crippen molar-refractivity contribution in [3.05, 3.63) is 52.6 Å². The monoisotopic (exact) mass is 359 g/mol. The molecule has 0 bridgehead atoms. The third-order valence-electron chi connectivity index (χ3n) is 3.27. The van der Waals surface area contributed by atoms with E-state index in [-0.39, 0.29) is 18.0 Å². The van der Waals surface area contributed by atoms with Gasteiger partial charge in [0.05, 0.1) is 16.7 Å². The van der Waals surface area contributed by atoms with E-state index in [0.717, 1.165) is 4.70 Å². The Hall–Kier alpha value is -3.20. The minimum Gasteiger partial charge on any atom is -0.494 e. The molecule has 0 saturated carbocycles. The van der Waals surface area contributed by atoms with Crippen LogP contribution in [0.4, 0.5) is 10.8 Å². The minimum atomic E-state index is -0.562. The van der Waals surface area contributed by atoms with Crippen molar-refractivity contribution < 1.29 is 19.2 Å². The molecule has 0 fully saturated rings. The second kappa shape index (κ2) is 7.14. The van der Waals surface area contributed by atoms with Gasteiger partial charge in [0.15, 0.2) is 17.5 Å². The van der Waals surface area contributed by atoms with Crippen LogP contribution in [-0.2, 0) is 4.79 Å². The molecule has 1 aromatic heterocycles. The first kappa shape index (κ1) is 16.7. The lowest BCUT2D eigenvalue weighted by Crippen LogP contribution is -2.20. The van der Waals surface area contributed by atoms with Crippen molar-refractivity contribution in [2.45, 2.75) is 0 Å². The van der Waals surface area contributed by atoms with Gasteiger partial charge in [0, 0.05) is 6.07 Å². The topological polar surface area (TPSA) is 104 Å². The van der Waals surface area contributed by atoms with Crippen molar-refractivity contribution in [1.82, 2.24) is 4.98 Å². The average Bonchev–Trinajstić information content (AvgIpc) is 3.02. The molecule has 8 nitrogen and oxygen atoms in total. The van der Waals surface area contributed by atoms with E-state index in [1.54, 1.807) is 19.2 Å². The highest BCUT2D eigenvalue weighted by Gasteiger charge is 2.16. The van der Waals surface area contributed by atoms with Gasteiger partial charge in [-0.25, -0.2) is 4.98 Å². The second-order valence-electron chi connectivity index (χ2n) is 4.89. The fourth-order valence-corrected chi connectivity index (χ4v) is 3.07. The Morgan fingerprint density at radius 1 is 1.24 bits per heavy atom. The van der Waals surface area contributed by atoms with E-state index in [2.05, 4.69) is 10.3 Å². The first-order chi connectivity index (χ1) is 12.1. The molecule has 0 aliphatic carbocycles. The molecular weight excluding hydrogens is 346 g/mol. The first-order valence-electron chi connectivity index (χ1n) is 7.18. The van der Waals surface area contributed by atoms with Crippen LogP contribution in [0.25, 0.3) is 10.2 Å². The van der Waals surface area contributed by atoms with Crippen molar-refractivity contribution in [3.8, 4) is 11.5 Å². The average molecular weight is 359 g/mol. The Labute approximate surface area is 146 Å². The predicted octanol–water partition coefficient (Wildman–Crippen LogP) is 3.23. The predicted molar refractivity (Wildman–Crippen MR) is 93.4 cm³/mol. The third-order valence-corrected chi connectivity index (χ3v) is 4.20. The van der Waals surface area contributed by atoms with Crippen LogP contribution >= 0.6 is 11.3 Å². The molecule has 0 radical (unpaired) electrons. The molecule has 128 valence electrons. The summed E-state index contributed by atoms with van der Waals surface area (Å²) in [5.41, 5.74) is 0.463. The van der Waals surface area contributed by atoms with Crippen molar-refractivity contribution >= 4 is 38.3 Å². The molecule has 0 aliphatic heterocycles. The molecular formula is C16H13N3O5S. The fraction of sp³-hybridized carbons (Fsp3) is 0.125. The van der Waals surface area contributed by atoms with E-state index in [0.29, 0.717) is 16.4 Å². The van der Waals surface area contributed by atoms with E-state index in [9.17, 15) is 14.9 Å². The summed E-state index contributed by atoms with van der Waals surface area (Å²) in [6.07, 6.45) is 0. The summed E-state index contributed by atoms with van der Waals surface area (Å²) < 4.78 is 11.3. The zero-order valence-electron chi connectivity index (χ0n) is 13.1. The van der Waals surface area contributed by atoms with Crippen LogP contribution in [0.15, 0.2) is 42.5 Å². The number of anilines is 1. The van der Waals surface area contributed by atoms with Gasteiger partial charge in [0.25, 0.3) is 5.91 Å². The van der Waals surface area contributed by atoms with Gasteiger partial charge >= 0.3 is 5.69 Å². The van der Waals surface area contributed by atoms with E-state index in [1.807, 2.05) is 12.1 Å². The zero-order valence-corrected chi connectivity index (χ0v) is 13.9. The number of nitrogens with zero attached hydrogens (tertiary/aromatic N) is 2. The summed E-state index contributed by atoms with van der Waals surface area (Å²) in [6.45, 7) is -0.363. The standard InChI is InChI=1S/C16H13N3O5S/c1-23-12-7-4-8-13-15(12)18-16(25-13)17-14(20)9-24-11-6-3-2-5-10(11)19(21)22/h2-8H,9H2,1H3,(H,17,18,20). The number of carbonyl (C=O) groups excluding carboxylic acids is 1. The molecule has 0 unspecified atom stereocenters. The summed E-state index contributed by atoms with van der Waals surface area (Å²) >= 11 is 1.30. The van der Waals surface area contributed by atoms with Gasteiger partial charge in [-0.05, 0) is 18.2 Å². The fourth-order valence-electron chi connectivity index (χ4n) is 2.17. The molecule has 0 saturated heterocycles. The molecule has 1 heterocycles. The van der Waals surface area contributed by atoms with Crippen LogP contribution in [0, 0.1) is 10.1 Å². The summed E-state index contributed by atoms with van der Waals surface area (Å²) in [6, 6.07) is 11.4. The number of benzene rings is 2. The zero-order chi connectivity index (χ0) is 17.8. The molecule has 0 spiro atoms. The Balaban J connectivity index is 1.68. The van der Waals surface area contributed by atoms with Crippen LogP contribution < -0.4 is 14.8 Å². The number of methoxy groups -OCH3 is 1. The SMILES string of the molecule is COc1cccc2sc(NC(=O)COc3ccccc3[N+](=O)[O-])nc12. The molecule has 1 N–H and O–H groups in total. The Bertz CT molecular complexity index is 940. The molecule has 9 heteroatoms. The van der Waals surface area contributed by atoms with E-state index in [1.165, 1.54) is 29.5 Å². The van der Waals surface area contributed by atoms with Gasteiger partial charge in [-0.3, -0.25) is 20.2 Å². The number of rotatable bonds is 6. The number of hydrogen-bond donors (Lipinski definition) is 1. The van der Waals surface area contributed by atoms with Gasteiger partial charge < -0.3 is 9.47 Å². The normalized spacial score (nSPS) is 10.4. The van der Waals surface area contributed by atoms with E-state index < -0.39 is 10.8 Å². The van der Waals surface area contributed by atoms with Crippen LogP contribution in [0.1, 0.15) is 0 Å². The number of aromatic nitrogens is 1. The number of carbonyl (C=O) groups is 1. The minimum absolute atomic E-state index is 0.0358. The van der Waals surface area contributed by atoms with Gasteiger partial charge in [0.1, 0.15) is 11.3 Å². The van der Waals surface area contributed by atoms with Gasteiger partial charge in [-0.1, -0.05) is 29.5 Å². The summed E-state index contributed by atoms with van der Waals surface area (Å²) in [5.74, 6) is 0.190. The maximum absolute atomic E-state index is 12.0. The van der Waals surface area contributed by atoms with E-state index in [4.69, 9.17) is 9.47 Å². The number of nitro groups is 1. The smallest absolute Gasteiger partial charge is 0.310 e. The van der Waals surface area contributed by atoms with Crippen molar-refractivity contribution in [3.63, 3.8) is 0 Å². The lowest BCUT2D eigenvalue weighted by molar-refractivity contribution is -0.385. The number of hydrogen-bond acceptors (Lipinski definition) is 7. The number of ether oxygens (including phenoxy) is 2. The number of nitro benzene ring substituents is 1. The van der Waals surface area contributed by atoms with Crippen molar-refractivity contribution in [2.24, 2.45) is 0 Å². The summed E-state index contributed by atoms with van der Waals surface area (Å²) in [4.78, 5) is 26.7. The lowest BCUT2D eigenvalue weighted by atomic mass is 10.3. The van der Waals surface area contributed by atoms with Crippen molar-refractivity contribution in [1.29, 1.82) is 0 Å². The number of thiazole rings is 1. The van der Waals surface area contributed by atoms with Crippen LogP contribution in [0.5, 0.6) is 11.5 Å². The van der Waals surface area contributed by atoms with Gasteiger partial charge in [-0.2, -0.15) is 0 Å². The number of nitrogens with one attached hydrogen (secondary N) is 1. The lowest BCUT2D eigenvalue weighted by Gasteiger charge is -2.06. The highest BCUT2D eigenvalue weighted by atomic mass is 32.1. The largest absolute Gasteiger partial charge is 0.494 e.